The van der Waals surface area contributed by atoms with Crippen molar-refractivity contribution in [3.05, 3.63) is 59.7 Å². The van der Waals surface area contributed by atoms with Gasteiger partial charge in [-0.3, -0.25) is 4.79 Å². The van der Waals surface area contributed by atoms with Crippen LogP contribution in [0.3, 0.4) is 0 Å². The van der Waals surface area contributed by atoms with Crippen molar-refractivity contribution in [2.45, 2.75) is 26.7 Å². The van der Waals surface area contributed by atoms with E-state index in [1.54, 1.807) is 18.2 Å². The fourth-order valence-electron chi connectivity index (χ4n) is 2.72. The summed E-state index contributed by atoms with van der Waals surface area (Å²) in [6.07, 6.45) is 1.60. The van der Waals surface area contributed by atoms with E-state index >= 15 is 0 Å². The van der Waals surface area contributed by atoms with Crippen molar-refractivity contribution in [3.8, 4) is 0 Å². The van der Waals surface area contributed by atoms with E-state index in [1.807, 2.05) is 25.1 Å². The van der Waals surface area contributed by atoms with E-state index in [1.165, 1.54) is 26.2 Å². The number of unbranched alkanes of at least 4 members (excludes halogenated alkanes) is 1. The molecule has 0 radical (unpaired) electrons. The van der Waals surface area contributed by atoms with Gasteiger partial charge in [0.2, 0.25) is 0 Å². The molecule has 32 heavy (non-hydrogen) atoms. The van der Waals surface area contributed by atoms with Crippen molar-refractivity contribution in [1.82, 2.24) is 5.32 Å². The maximum absolute atomic E-state index is 12.4. The summed E-state index contributed by atoms with van der Waals surface area (Å²) in [6, 6.07) is 13.5. The predicted octanol–water partition coefficient (Wildman–Crippen LogP) is 2.27. The molecule has 0 saturated carbocycles. The zero-order valence-corrected chi connectivity index (χ0v) is 19.9. The normalized spacial score (nSPS) is 15.1. The molecule has 0 saturated heterocycles. The first kappa shape index (κ1) is 25.3. The van der Waals surface area contributed by atoms with Crippen LogP contribution in [-0.2, 0) is 21.0 Å². The van der Waals surface area contributed by atoms with Crippen LogP contribution in [0, 0.1) is 0 Å². The Balaban J connectivity index is 0.000000242. The Morgan fingerprint density at radius 3 is 2.53 bits per heavy atom. The minimum atomic E-state index is -4.44. The second-order valence-electron chi connectivity index (χ2n) is 6.62. The van der Waals surface area contributed by atoms with Gasteiger partial charge in [0.15, 0.2) is 5.84 Å². The number of nitrogens with zero attached hydrogens (tertiary/aromatic N) is 1. The van der Waals surface area contributed by atoms with Gasteiger partial charge in [0.25, 0.3) is 5.91 Å². The third-order valence-electron chi connectivity index (χ3n) is 4.19. The SMILES string of the molecule is CCCCO[As](=O)(OO)c1cccc(NC(C)=O)c1.CON=C1NC(=O)c2ccccc21. The van der Waals surface area contributed by atoms with Gasteiger partial charge in [-0.05, 0) is 6.07 Å². The summed E-state index contributed by atoms with van der Waals surface area (Å²) in [5, 5.41) is 17.7. The van der Waals surface area contributed by atoms with E-state index in [0.717, 1.165) is 18.4 Å². The number of oxime groups is 1. The fraction of sp³-hybridized carbons (Fsp3) is 0.286. The standard InChI is InChI=1S/C12H18AsNO5.C9H8N2O2/c1-3-4-8-18-13(16,19-17)11-6-5-7-12(9-11)14-10(2)15;1-13-11-8-6-4-2-3-5-7(6)9(12)10-8/h5-7,9,17H,3-4,8H2,1-2H3,(H,14,15);2-5H,1H3,(H,10,11,12). The van der Waals surface area contributed by atoms with Crippen LogP contribution in [0.1, 0.15) is 42.6 Å². The molecule has 1 unspecified atom stereocenters. The molecule has 11 heteroatoms. The van der Waals surface area contributed by atoms with Gasteiger partial charge in [-0.15, -0.1) is 0 Å². The van der Waals surface area contributed by atoms with Crippen LogP contribution in [0.15, 0.2) is 53.7 Å². The zero-order valence-electron chi connectivity index (χ0n) is 18.0. The van der Waals surface area contributed by atoms with Gasteiger partial charge in [0.05, 0.1) is 5.56 Å². The molecule has 1 aliphatic heterocycles. The molecule has 2 aromatic carbocycles. The van der Waals surface area contributed by atoms with Crippen molar-refractivity contribution < 1.29 is 31.0 Å². The number of anilines is 1. The molecule has 2 amide bonds. The number of carbonyl (C=O) groups is 2. The van der Waals surface area contributed by atoms with Gasteiger partial charge < -0.3 is 10.2 Å². The van der Waals surface area contributed by atoms with Crippen LogP contribution in [0.5, 0.6) is 0 Å². The minimum Gasteiger partial charge on any atom is -0.397 e. The van der Waals surface area contributed by atoms with Crippen molar-refractivity contribution in [2.75, 3.05) is 19.0 Å². The van der Waals surface area contributed by atoms with Gasteiger partial charge in [0, 0.05) is 5.56 Å². The first-order chi connectivity index (χ1) is 15.3. The molecule has 1 atom stereocenters. The summed E-state index contributed by atoms with van der Waals surface area (Å²) < 4.78 is 21.9. The summed E-state index contributed by atoms with van der Waals surface area (Å²) in [7, 11) is 1.44. The monoisotopic (exact) mass is 507 g/mol. The molecule has 0 bridgehead atoms. The first-order valence-electron chi connectivity index (χ1n) is 9.82. The molecule has 172 valence electrons. The van der Waals surface area contributed by atoms with E-state index in [2.05, 4.69) is 24.5 Å². The van der Waals surface area contributed by atoms with Gasteiger partial charge in [0.1, 0.15) is 7.11 Å². The Morgan fingerprint density at radius 1 is 1.19 bits per heavy atom. The van der Waals surface area contributed by atoms with E-state index < -0.39 is 14.2 Å². The number of amidine groups is 1. The number of hydrogen-bond donors (Lipinski definition) is 3. The average Bonchev–Trinajstić information content (AvgIpc) is 3.10. The second-order valence-corrected chi connectivity index (χ2v) is 10.7. The molecule has 1 aliphatic rings. The van der Waals surface area contributed by atoms with E-state index in [4.69, 9.17) is 8.98 Å². The Kier molecular flexibility index (Phi) is 9.67. The molecule has 1 heterocycles. The number of rotatable bonds is 8. The molecule has 3 rings (SSSR count). The molecular formula is C21H26AsN3O7. The molecule has 0 spiro atoms. The van der Waals surface area contributed by atoms with E-state index in [9.17, 15) is 13.3 Å². The Bertz CT molecular complexity index is 1030. The maximum atomic E-state index is 12.4. The summed E-state index contributed by atoms with van der Waals surface area (Å²) >= 11 is -4.44. The maximum Gasteiger partial charge on any atom is 0.257 e. The number of fused-ring (bicyclic) bond motifs is 1. The molecule has 3 N–H and O–H groups in total. The number of hydrogen-bond acceptors (Lipinski definition) is 8. The van der Waals surface area contributed by atoms with Crippen molar-refractivity contribution in [2.24, 2.45) is 5.16 Å². The molecule has 0 aromatic heterocycles. The summed E-state index contributed by atoms with van der Waals surface area (Å²) in [6.45, 7) is 3.59. The van der Waals surface area contributed by atoms with Gasteiger partial charge in [-0.1, -0.05) is 23.4 Å². The van der Waals surface area contributed by atoms with Crippen molar-refractivity contribution in [1.29, 1.82) is 0 Å². The van der Waals surface area contributed by atoms with Gasteiger partial charge >= 0.3 is 114 Å². The van der Waals surface area contributed by atoms with Crippen LogP contribution in [-0.4, -0.2) is 50.8 Å². The number of amides is 2. The Labute approximate surface area is 188 Å². The predicted molar refractivity (Wildman–Crippen MR) is 119 cm³/mol. The third kappa shape index (κ3) is 6.80. The Morgan fingerprint density at radius 2 is 1.91 bits per heavy atom. The number of carbonyl (C=O) groups excluding carboxylic acids is 2. The zero-order chi connectivity index (χ0) is 23.6. The molecule has 2 aromatic rings. The summed E-state index contributed by atoms with van der Waals surface area (Å²) in [4.78, 5) is 26.9. The second kappa shape index (κ2) is 12.2. The molecule has 0 fully saturated rings. The third-order valence-corrected chi connectivity index (χ3v) is 7.65. The number of benzene rings is 2. The quantitative estimate of drug-likeness (QED) is 0.216. The van der Waals surface area contributed by atoms with Crippen molar-refractivity contribution >= 4 is 41.9 Å². The van der Waals surface area contributed by atoms with Crippen LogP contribution >= 0.6 is 0 Å². The summed E-state index contributed by atoms with van der Waals surface area (Å²) in [5.41, 5.74) is 1.90. The van der Waals surface area contributed by atoms with E-state index in [-0.39, 0.29) is 22.8 Å². The largest absolute Gasteiger partial charge is 0.397 e. The van der Waals surface area contributed by atoms with Crippen LogP contribution in [0.2, 0.25) is 0 Å². The average molecular weight is 507 g/mol. The van der Waals surface area contributed by atoms with Crippen LogP contribution < -0.4 is 15.0 Å². The van der Waals surface area contributed by atoms with Gasteiger partial charge in [-0.25, -0.2) is 0 Å². The minimum absolute atomic E-state index is 0.133. The van der Waals surface area contributed by atoms with Crippen LogP contribution in [0.4, 0.5) is 5.69 Å². The summed E-state index contributed by atoms with van der Waals surface area (Å²) in [5.74, 6) is 0.102. The smallest absolute Gasteiger partial charge is 0.257 e. The number of nitrogens with one attached hydrogen (secondary N) is 2. The molecule has 0 aliphatic carbocycles. The van der Waals surface area contributed by atoms with Crippen molar-refractivity contribution in [3.63, 3.8) is 0 Å². The van der Waals surface area contributed by atoms with Gasteiger partial charge in [-0.2, -0.15) is 0 Å². The topological polar surface area (TPSA) is 136 Å². The molecule has 10 nitrogen and oxygen atoms in total. The molecular weight excluding hydrogens is 481 g/mol. The van der Waals surface area contributed by atoms with Crippen LogP contribution in [0.25, 0.3) is 0 Å². The Hall–Kier alpha value is -2.91. The fourth-order valence-corrected chi connectivity index (χ4v) is 5.30. The first-order valence-corrected chi connectivity index (χ1v) is 13.1. The van der Waals surface area contributed by atoms with E-state index in [0.29, 0.717) is 17.1 Å².